The first-order valence-electron chi connectivity index (χ1n) is 11.9. The molecule has 5 rings (SSSR count). The predicted molar refractivity (Wildman–Crippen MR) is 129 cm³/mol. The van der Waals surface area contributed by atoms with Gasteiger partial charge in [-0.05, 0) is 54.2 Å². The summed E-state index contributed by atoms with van der Waals surface area (Å²) in [4.78, 5) is 0. The summed E-state index contributed by atoms with van der Waals surface area (Å²) in [5.74, 6) is -0.429. The molecule has 1 saturated carbocycles. The van der Waals surface area contributed by atoms with Gasteiger partial charge in [-0.1, -0.05) is 48.5 Å². The average molecular weight is 465 g/mol. The summed E-state index contributed by atoms with van der Waals surface area (Å²) in [7, 11) is 0. The fraction of sp³-hybridized carbons (Fsp3) is 0.393. The molecule has 2 heterocycles. The zero-order valence-electron chi connectivity index (χ0n) is 19.4. The molecule has 3 aromatic rings. The van der Waals surface area contributed by atoms with Crippen LogP contribution in [-0.4, -0.2) is 34.7 Å². The van der Waals surface area contributed by atoms with E-state index in [2.05, 4.69) is 17.2 Å². The van der Waals surface area contributed by atoms with Crippen LogP contribution in [0.15, 0.2) is 54.6 Å². The first-order valence-corrected chi connectivity index (χ1v) is 11.9. The Balaban J connectivity index is 1.31. The van der Waals surface area contributed by atoms with Crippen LogP contribution in [0.4, 0.5) is 8.78 Å². The van der Waals surface area contributed by atoms with Crippen LogP contribution in [0, 0.1) is 6.92 Å². The molecule has 1 aliphatic carbocycles. The van der Waals surface area contributed by atoms with Crippen molar-refractivity contribution < 1.29 is 18.6 Å². The lowest BCUT2D eigenvalue weighted by molar-refractivity contribution is -0.0114. The van der Waals surface area contributed by atoms with Gasteiger partial charge in [0.15, 0.2) is 5.83 Å². The minimum absolute atomic E-state index is 0.0860. The van der Waals surface area contributed by atoms with Crippen LogP contribution in [-0.2, 0) is 22.4 Å². The molecule has 6 heteroatoms. The molecule has 0 unspecified atom stereocenters. The monoisotopic (exact) mass is 464 g/mol. The lowest BCUT2D eigenvalue weighted by atomic mass is 9.88. The van der Waals surface area contributed by atoms with Crippen molar-refractivity contribution in [2.75, 3.05) is 19.8 Å². The molecule has 178 valence electrons. The van der Waals surface area contributed by atoms with Gasteiger partial charge in [0, 0.05) is 37.2 Å². The van der Waals surface area contributed by atoms with Crippen molar-refractivity contribution in [2.24, 2.45) is 0 Å². The molecule has 0 spiro atoms. The molecule has 34 heavy (non-hydrogen) atoms. The van der Waals surface area contributed by atoms with E-state index in [4.69, 9.17) is 4.74 Å². The number of nitrogens with zero attached hydrogens (tertiary/aromatic N) is 2. The van der Waals surface area contributed by atoms with E-state index in [-0.39, 0.29) is 17.7 Å². The van der Waals surface area contributed by atoms with Crippen molar-refractivity contribution in [3.8, 4) is 0 Å². The van der Waals surface area contributed by atoms with E-state index in [9.17, 15) is 5.11 Å². The number of hydrogen-bond acceptors (Lipinski definition) is 3. The number of hydrogen-bond donors (Lipinski definition) is 1. The number of ether oxygens (including phenoxy) is 1. The van der Waals surface area contributed by atoms with Crippen molar-refractivity contribution in [1.29, 1.82) is 0 Å². The fourth-order valence-electron chi connectivity index (χ4n) is 4.73. The van der Waals surface area contributed by atoms with Gasteiger partial charge in [0.25, 0.3) is 0 Å². The van der Waals surface area contributed by atoms with E-state index in [1.165, 1.54) is 6.08 Å². The van der Waals surface area contributed by atoms with E-state index >= 15 is 8.78 Å². The van der Waals surface area contributed by atoms with Crippen LogP contribution in [0.25, 0.3) is 11.9 Å². The zero-order valence-corrected chi connectivity index (χ0v) is 19.4. The zero-order chi connectivity index (χ0) is 23.8. The number of rotatable bonds is 7. The lowest BCUT2D eigenvalue weighted by Gasteiger charge is -2.29. The number of aliphatic hydroxyl groups excluding tert-OH is 1. The number of aromatic nitrogens is 2. The molecule has 1 aliphatic heterocycles. The van der Waals surface area contributed by atoms with Gasteiger partial charge in [-0.25, -0.2) is 8.78 Å². The van der Waals surface area contributed by atoms with Crippen LogP contribution in [0.5, 0.6) is 0 Å². The Morgan fingerprint density at radius 2 is 1.79 bits per heavy atom. The standard InChI is InChI=1S/C28H30F2N2O2/c1-20-15-26(31-32(20)18-22-3-2-4-24(16-22)27(19-33)9-10-27)25(29)17-21-5-7-23(8-6-21)28(30)11-13-34-14-12-28/h2-8,15-17,33H,9-14,18-19H2,1H3/b25-17-. The van der Waals surface area contributed by atoms with Gasteiger partial charge in [-0.2, -0.15) is 5.10 Å². The molecule has 2 aromatic carbocycles. The smallest absolute Gasteiger partial charge is 0.151 e. The highest BCUT2D eigenvalue weighted by Crippen LogP contribution is 2.47. The minimum Gasteiger partial charge on any atom is -0.395 e. The van der Waals surface area contributed by atoms with Crippen LogP contribution in [0.2, 0.25) is 0 Å². The maximum atomic E-state index is 15.1. The third-order valence-corrected chi connectivity index (χ3v) is 7.26. The van der Waals surface area contributed by atoms with Gasteiger partial charge in [0.2, 0.25) is 0 Å². The topological polar surface area (TPSA) is 47.3 Å². The van der Waals surface area contributed by atoms with Crippen molar-refractivity contribution in [2.45, 2.75) is 50.2 Å². The Bertz CT molecular complexity index is 1190. The van der Waals surface area contributed by atoms with Gasteiger partial charge in [-0.15, -0.1) is 0 Å². The molecule has 2 aliphatic rings. The van der Waals surface area contributed by atoms with E-state index in [0.29, 0.717) is 43.7 Å². The normalized spacial score (nSPS) is 19.2. The summed E-state index contributed by atoms with van der Waals surface area (Å²) < 4.78 is 37.2. The molecule has 0 bridgehead atoms. The summed E-state index contributed by atoms with van der Waals surface area (Å²) >= 11 is 0. The number of alkyl halides is 1. The van der Waals surface area contributed by atoms with Crippen LogP contribution < -0.4 is 0 Å². The summed E-state index contributed by atoms with van der Waals surface area (Å²) in [6, 6.07) is 16.9. The number of benzene rings is 2. The predicted octanol–water partition coefficient (Wildman–Crippen LogP) is 5.71. The molecule has 1 aromatic heterocycles. The highest BCUT2D eigenvalue weighted by atomic mass is 19.1. The average Bonchev–Trinajstić information content (AvgIpc) is 3.57. The Hall–Kier alpha value is -2.83. The first kappa shape index (κ1) is 22.9. The van der Waals surface area contributed by atoms with Crippen LogP contribution in [0.1, 0.15) is 59.3 Å². The largest absolute Gasteiger partial charge is 0.395 e. The molecule has 1 saturated heterocycles. The quantitative estimate of drug-likeness (QED) is 0.488. The van der Waals surface area contributed by atoms with Crippen LogP contribution >= 0.6 is 0 Å². The fourth-order valence-corrected chi connectivity index (χ4v) is 4.73. The van der Waals surface area contributed by atoms with E-state index in [1.54, 1.807) is 35.0 Å². The van der Waals surface area contributed by atoms with Crippen molar-refractivity contribution >= 4 is 11.9 Å². The molecular weight excluding hydrogens is 434 g/mol. The van der Waals surface area contributed by atoms with Gasteiger partial charge < -0.3 is 9.84 Å². The second-order valence-corrected chi connectivity index (χ2v) is 9.66. The molecule has 0 amide bonds. The molecular formula is C28H30F2N2O2. The van der Waals surface area contributed by atoms with Crippen LogP contribution in [0.3, 0.4) is 0 Å². The number of aliphatic hydroxyl groups is 1. The third-order valence-electron chi connectivity index (χ3n) is 7.26. The molecule has 4 nitrogen and oxygen atoms in total. The SMILES string of the molecule is Cc1cc(/C(F)=C/c2ccc(C3(F)CCOCC3)cc2)nn1Cc1cccc(C2(CO)CC2)c1. The van der Waals surface area contributed by atoms with Crippen molar-refractivity contribution in [1.82, 2.24) is 9.78 Å². The molecule has 1 N–H and O–H groups in total. The minimum atomic E-state index is -1.37. The van der Waals surface area contributed by atoms with E-state index < -0.39 is 11.5 Å². The van der Waals surface area contributed by atoms with Gasteiger partial charge in [-0.3, -0.25) is 4.68 Å². The van der Waals surface area contributed by atoms with Crippen molar-refractivity contribution in [3.63, 3.8) is 0 Å². The highest BCUT2D eigenvalue weighted by Gasteiger charge is 2.43. The highest BCUT2D eigenvalue weighted by molar-refractivity contribution is 5.75. The van der Waals surface area contributed by atoms with E-state index in [1.807, 2.05) is 19.1 Å². The third kappa shape index (κ3) is 4.57. The maximum Gasteiger partial charge on any atom is 0.151 e. The van der Waals surface area contributed by atoms with Crippen molar-refractivity contribution in [3.05, 3.63) is 88.2 Å². The molecule has 0 atom stereocenters. The van der Waals surface area contributed by atoms with E-state index in [0.717, 1.165) is 29.7 Å². The Morgan fingerprint density at radius 3 is 2.47 bits per heavy atom. The van der Waals surface area contributed by atoms with Gasteiger partial charge >= 0.3 is 0 Å². The summed E-state index contributed by atoms with van der Waals surface area (Å²) in [5.41, 5.74) is 3.19. The molecule has 0 radical (unpaired) electrons. The number of aryl methyl sites for hydroxylation is 1. The summed E-state index contributed by atoms with van der Waals surface area (Å²) in [6.07, 6.45) is 4.14. The second kappa shape index (κ2) is 9.08. The Labute approximate surface area is 198 Å². The molecule has 2 fully saturated rings. The summed E-state index contributed by atoms with van der Waals surface area (Å²) in [6.45, 7) is 3.44. The number of halogens is 2. The Kier molecular flexibility index (Phi) is 6.13. The summed E-state index contributed by atoms with van der Waals surface area (Å²) in [5, 5.41) is 14.2. The first-order chi connectivity index (χ1) is 16.4. The lowest BCUT2D eigenvalue weighted by Crippen LogP contribution is -2.29. The van der Waals surface area contributed by atoms with Gasteiger partial charge in [0.05, 0.1) is 13.2 Å². The Morgan fingerprint density at radius 1 is 1.06 bits per heavy atom. The maximum absolute atomic E-state index is 15.1. The second-order valence-electron chi connectivity index (χ2n) is 9.66. The van der Waals surface area contributed by atoms with Gasteiger partial charge in [0.1, 0.15) is 11.4 Å².